The average molecular weight is 365 g/mol. The number of nitrogens with zero attached hydrogens (tertiary/aromatic N) is 3. The van der Waals surface area contributed by atoms with Crippen molar-refractivity contribution in [2.24, 2.45) is 0 Å². The van der Waals surface area contributed by atoms with Gasteiger partial charge in [0.25, 0.3) is 0 Å². The van der Waals surface area contributed by atoms with E-state index in [0.29, 0.717) is 42.8 Å². The van der Waals surface area contributed by atoms with Crippen LogP contribution >= 0.6 is 0 Å². The molecule has 3 heterocycles. The number of ether oxygens (including phenoxy) is 2. The Labute approximate surface area is 156 Å². The van der Waals surface area contributed by atoms with Gasteiger partial charge in [-0.3, -0.25) is 0 Å². The largest absolute Gasteiger partial charge is 0.490 e. The van der Waals surface area contributed by atoms with Crippen LogP contribution in [0.1, 0.15) is 12.0 Å². The van der Waals surface area contributed by atoms with Gasteiger partial charge in [0.1, 0.15) is 0 Å². The minimum Gasteiger partial charge on any atom is -0.490 e. The molecular weight excluding hydrogens is 346 g/mol. The Bertz CT molecular complexity index is 927. The van der Waals surface area contributed by atoms with Gasteiger partial charge in [-0.25, -0.2) is 14.5 Å². The van der Waals surface area contributed by atoms with E-state index in [1.165, 1.54) is 0 Å². The van der Waals surface area contributed by atoms with E-state index < -0.39 is 0 Å². The second-order valence-electron chi connectivity index (χ2n) is 5.96. The second kappa shape index (κ2) is 7.77. The Balaban J connectivity index is 1.40. The first-order valence-corrected chi connectivity index (χ1v) is 8.68. The van der Waals surface area contributed by atoms with Crippen molar-refractivity contribution in [1.29, 1.82) is 0 Å². The molecular formula is C19H19N5O3. The molecule has 2 aromatic heterocycles. The van der Waals surface area contributed by atoms with Gasteiger partial charge in [0, 0.05) is 48.9 Å². The van der Waals surface area contributed by atoms with E-state index in [4.69, 9.17) is 9.47 Å². The third-order valence-corrected chi connectivity index (χ3v) is 4.03. The van der Waals surface area contributed by atoms with Crippen molar-refractivity contribution < 1.29 is 14.3 Å². The van der Waals surface area contributed by atoms with Crippen LogP contribution in [0, 0.1) is 0 Å². The van der Waals surface area contributed by atoms with Crippen LogP contribution in [-0.2, 0) is 6.54 Å². The molecule has 0 unspecified atom stereocenters. The Morgan fingerprint density at radius 3 is 2.85 bits per heavy atom. The van der Waals surface area contributed by atoms with Crippen LogP contribution in [0.3, 0.4) is 0 Å². The first-order chi connectivity index (χ1) is 13.3. The molecule has 27 heavy (non-hydrogen) atoms. The van der Waals surface area contributed by atoms with Gasteiger partial charge in [-0.05, 0) is 24.3 Å². The molecule has 8 heteroatoms. The molecule has 0 saturated carbocycles. The van der Waals surface area contributed by atoms with Gasteiger partial charge >= 0.3 is 6.03 Å². The highest BCUT2D eigenvalue weighted by Crippen LogP contribution is 2.32. The first-order valence-electron chi connectivity index (χ1n) is 8.68. The lowest BCUT2D eigenvalue weighted by Crippen LogP contribution is -2.28. The first kappa shape index (κ1) is 16.9. The fourth-order valence-electron chi connectivity index (χ4n) is 2.76. The zero-order valence-corrected chi connectivity index (χ0v) is 14.6. The number of anilines is 1. The van der Waals surface area contributed by atoms with Crippen LogP contribution in [0.4, 0.5) is 10.5 Å². The smallest absolute Gasteiger partial charge is 0.319 e. The number of rotatable bonds is 4. The summed E-state index contributed by atoms with van der Waals surface area (Å²) < 4.78 is 12.9. The fraction of sp³-hybridized carbons (Fsp3) is 0.211. The topological polar surface area (TPSA) is 90.3 Å². The molecule has 4 rings (SSSR count). The van der Waals surface area contributed by atoms with Crippen molar-refractivity contribution in [1.82, 2.24) is 20.1 Å². The lowest BCUT2D eigenvalue weighted by atomic mass is 10.2. The molecule has 0 radical (unpaired) electrons. The molecule has 0 saturated heterocycles. The number of benzene rings is 1. The highest BCUT2D eigenvalue weighted by atomic mass is 16.5. The zero-order valence-electron chi connectivity index (χ0n) is 14.6. The van der Waals surface area contributed by atoms with Crippen molar-refractivity contribution in [3.05, 3.63) is 60.6 Å². The summed E-state index contributed by atoms with van der Waals surface area (Å²) >= 11 is 0. The quantitative estimate of drug-likeness (QED) is 0.742. The van der Waals surface area contributed by atoms with Gasteiger partial charge in [-0.2, -0.15) is 5.10 Å². The molecule has 0 atom stereocenters. The fourth-order valence-corrected chi connectivity index (χ4v) is 2.76. The molecule has 0 fully saturated rings. The van der Waals surface area contributed by atoms with Crippen molar-refractivity contribution in [3.8, 4) is 17.3 Å². The summed E-state index contributed by atoms with van der Waals surface area (Å²) in [7, 11) is 0. The molecule has 3 aromatic rings. The van der Waals surface area contributed by atoms with Crippen LogP contribution in [0.2, 0.25) is 0 Å². The number of amides is 2. The van der Waals surface area contributed by atoms with E-state index in [-0.39, 0.29) is 6.03 Å². The van der Waals surface area contributed by atoms with Gasteiger partial charge in [-0.15, -0.1) is 0 Å². The number of carbonyl (C=O) groups excluding carboxylic acids is 1. The lowest BCUT2D eigenvalue weighted by Gasteiger charge is -2.12. The van der Waals surface area contributed by atoms with E-state index in [9.17, 15) is 4.79 Å². The van der Waals surface area contributed by atoms with E-state index in [2.05, 4.69) is 20.7 Å². The van der Waals surface area contributed by atoms with Crippen LogP contribution in [0.5, 0.6) is 11.5 Å². The second-order valence-corrected chi connectivity index (χ2v) is 5.96. The summed E-state index contributed by atoms with van der Waals surface area (Å²) in [4.78, 5) is 16.6. The number of aromatic nitrogens is 3. The number of carbonyl (C=O) groups is 1. The maximum atomic E-state index is 12.3. The average Bonchev–Trinajstić information content (AvgIpc) is 3.12. The van der Waals surface area contributed by atoms with Crippen LogP contribution < -0.4 is 20.1 Å². The number of urea groups is 1. The molecule has 0 aliphatic carbocycles. The molecule has 8 nitrogen and oxygen atoms in total. The zero-order chi connectivity index (χ0) is 18.5. The summed E-state index contributed by atoms with van der Waals surface area (Å²) in [5.41, 5.74) is 1.49. The van der Waals surface area contributed by atoms with Gasteiger partial charge < -0.3 is 20.1 Å². The Kier molecular flexibility index (Phi) is 4.86. The standard InChI is InChI=1S/C19H19N5O3/c25-19(23-15-5-6-16-17(12-15)27-11-3-10-26-16)21-13-14-4-1-7-20-18(14)24-9-2-8-22-24/h1-2,4-9,12H,3,10-11,13H2,(H2,21,23,25). The number of pyridine rings is 1. The predicted octanol–water partition coefficient (Wildman–Crippen LogP) is 2.75. The summed E-state index contributed by atoms with van der Waals surface area (Å²) in [5.74, 6) is 2.01. The molecule has 2 N–H and O–H groups in total. The minimum absolute atomic E-state index is 0.319. The Hall–Kier alpha value is -3.55. The van der Waals surface area contributed by atoms with Crippen molar-refractivity contribution in [3.63, 3.8) is 0 Å². The Morgan fingerprint density at radius 1 is 1.11 bits per heavy atom. The third-order valence-electron chi connectivity index (χ3n) is 4.03. The van der Waals surface area contributed by atoms with E-state index in [1.54, 1.807) is 35.3 Å². The van der Waals surface area contributed by atoms with E-state index in [1.807, 2.05) is 24.4 Å². The molecule has 2 amide bonds. The monoisotopic (exact) mass is 365 g/mol. The van der Waals surface area contributed by atoms with Crippen LogP contribution in [0.15, 0.2) is 55.0 Å². The van der Waals surface area contributed by atoms with Crippen molar-refractivity contribution in [2.75, 3.05) is 18.5 Å². The normalized spacial score (nSPS) is 12.9. The van der Waals surface area contributed by atoms with Crippen molar-refractivity contribution in [2.45, 2.75) is 13.0 Å². The molecule has 1 aliphatic heterocycles. The third kappa shape index (κ3) is 4.00. The van der Waals surface area contributed by atoms with Crippen LogP contribution in [-0.4, -0.2) is 34.0 Å². The van der Waals surface area contributed by atoms with Crippen molar-refractivity contribution >= 4 is 11.7 Å². The Morgan fingerprint density at radius 2 is 2.00 bits per heavy atom. The maximum Gasteiger partial charge on any atom is 0.319 e. The summed E-state index contributed by atoms with van der Waals surface area (Å²) in [6.45, 7) is 1.54. The SMILES string of the molecule is O=C(NCc1cccnc1-n1cccn1)Nc1ccc2c(c1)OCCCO2. The summed E-state index contributed by atoms with van der Waals surface area (Å²) in [6, 6.07) is 10.6. The number of hydrogen-bond donors (Lipinski definition) is 2. The molecule has 0 bridgehead atoms. The summed E-state index contributed by atoms with van der Waals surface area (Å²) in [5, 5.41) is 9.84. The van der Waals surface area contributed by atoms with Gasteiger partial charge in [0.2, 0.25) is 0 Å². The molecule has 138 valence electrons. The number of hydrogen-bond acceptors (Lipinski definition) is 5. The van der Waals surface area contributed by atoms with Gasteiger partial charge in [0.05, 0.1) is 13.2 Å². The van der Waals surface area contributed by atoms with E-state index >= 15 is 0 Å². The lowest BCUT2D eigenvalue weighted by molar-refractivity contribution is 0.251. The maximum absolute atomic E-state index is 12.3. The van der Waals surface area contributed by atoms with E-state index in [0.717, 1.165) is 12.0 Å². The minimum atomic E-state index is -0.320. The molecule has 1 aliphatic rings. The summed E-state index contributed by atoms with van der Waals surface area (Å²) in [6.07, 6.45) is 6.02. The number of fused-ring (bicyclic) bond motifs is 1. The van der Waals surface area contributed by atoms with Crippen LogP contribution in [0.25, 0.3) is 5.82 Å². The number of nitrogens with one attached hydrogen (secondary N) is 2. The highest BCUT2D eigenvalue weighted by molar-refractivity contribution is 5.89. The predicted molar refractivity (Wildman–Crippen MR) is 99.3 cm³/mol. The van der Waals surface area contributed by atoms with Gasteiger partial charge in [-0.1, -0.05) is 6.07 Å². The molecule has 1 aromatic carbocycles. The van der Waals surface area contributed by atoms with Gasteiger partial charge in [0.15, 0.2) is 17.3 Å². The molecule has 0 spiro atoms. The highest BCUT2D eigenvalue weighted by Gasteiger charge is 2.12.